The molecule has 0 saturated heterocycles. The van der Waals surface area contributed by atoms with Crippen molar-refractivity contribution in [1.29, 1.82) is 0 Å². The first-order chi connectivity index (χ1) is 5.41. The summed E-state index contributed by atoms with van der Waals surface area (Å²) in [6.07, 6.45) is 0. The number of halogens is 2. The third-order valence-electron chi connectivity index (χ3n) is 1.16. The Morgan fingerprint density at radius 1 is 1.42 bits per heavy atom. The van der Waals surface area contributed by atoms with E-state index >= 15 is 0 Å². The minimum atomic E-state index is -4.34. The highest BCUT2D eigenvalue weighted by Crippen LogP contribution is 2.21. The first-order valence-electron chi connectivity index (χ1n) is 2.82. The molecule has 12 heavy (non-hydrogen) atoms. The monoisotopic (exact) mass is 361 g/mol. The minimum absolute atomic E-state index is 0.183. The highest BCUT2D eigenvalue weighted by molar-refractivity contribution is 14.1. The summed E-state index contributed by atoms with van der Waals surface area (Å²) in [5.41, 5.74) is 0. The Bertz CT molecular complexity index is 401. The van der Waals surface area contributed by atoms with Crippen molar-refractivity contribution in [3.05, 3.63) is 26.2 Å². The molecule has 0 aliphatic heterocycles. The second-order valence-corrected chi connectivity index (χ2v) is 5.45. The standard InChI is InChI=1S/C6H4BrIO3S/c7-4-1-2-5(8)6(3-4)12(9,10)11/h1-3H,(H,9,10,11)/p-1. The summed E-state index contributed by atoms with van der Waals surface area (Å²) in [6.45, 7) is 0. The lowest BCUT2D eigenvalue weighted by molar-refractivity contribution is 0.462. The molecule has 0 bridgehead atoms. The first-order valence-corrected chi connectivity index (χ1v) is 6.10. The third kappa shape index (κ3) is 2.41. The van der Waals surface area contributed by atoms with E-state index in [-0.39, 0.29) is 4.90 Å². The van der Waals surface area contributed by atoms with E-state index in [1.165, 1.54) is 6.07 Å². The molecule has 0 aromatic heterocycles. The lowest BCUT2D eigenvalue weighted by Crippen LogP contribution is -2.00. The molecule has 0 atom stereocenters. The smallest absolute Gasteiger partial charge is 0.125 e. The first kappa shape index (κ1) is 10.4. The Labute approximate surface area is 92.2 Å². The maximum Gasteiger partial charge on any atom is 0.125 e. The van der Waals surface area contributed by atoms with Crippen LogP contribution in [0.3, 0.4) is 0 Å². The van der Waals surface area contributed by atoms with Crippen LogP contribution >= 0.6 is 38.5 Å². The molecular weight excluding hydrogens is 359 g/mol. The van der Waals surface area contributed by atoms with E-state index in [1.807, 2.05) is 0 Å². The van der Waals surface area contributed by atoms with Gasteiger partial charge in [-0.3, -0.25) is 0 Å². The van der Waals surface area contributed by atoms with Crippen molar-refractivity contribution in [3.63, 3.8) is 0 Å². The van der Waals surface area contributed by atoms with Gasteiger partial charge in [-0.2, -0.15) is 0 Å². The molecule has 6 heteroatoms. The van der Waals surface area contributed by atoms with E-state index in [2.05, 4.69) is 15.9 Å². The molecule has 1 aromatic carbocycles. The van der Waals surface area contributed by atoms with Crippen LogP contribution in [0.4, 0.5) is 0 Å². The predicted octanol–water partition coefficient (Wildman–Crippen LogP) is 1.96. The van der Waals surface area contributed by atoms with Crippen LogP contribution < -0.4 is 0 Å². The van der Waals surface area contributed by atoms with Crippen LogP contribution in [-0.2, 0) is 10.1 Å². The van der Waals surface area contributed by atoms with Crippen LogP contribution in [0.15, 0.2) is 27.6 Å². The van der Waals surface area contributed by atoms with E-state index in [4.69, 9.17) is 0 Å². The topological polar surface area (TPSA) is 57.2 Å². The molecular formula is C6H3BrIO3S-. The van der Waals surface area contributed by atoms with Crippen LogP contribution in [0.25, 0.3) is 0 Å². The maximum absolute atomic E-state index is 10.6. The second kappa shape index (κ2) is 3.60. The van der Waals surface area contributed by atoms with Gasteiger partial charge in [-0.25, -0.2) is 8.42 Å². The van der Waals surface area contributed by atoms with Gasteiger partial charge in [0.1, 0.15) is 10.1 Å². The SMILES string of the molecule is O=S(=O)([O-])c1cc(Br)ccc1I. The predicted molar refractivity (Wildman–Crippen MR) is 54.8 cm³/mol. The maximum atomic E-state index is 10.6. The van der Waals surface area contributed by atoms with E-state index in [0.29, 0.717) is 8.04 Å². The van der Waals surface area contributed by atoms with E-state index in [1.54, 1.807) is 34.7 Å². The van der Waals surface area contributed by atoms with Crippen LogP contribution in [0, 0.1) is 3.57 Å². The zero-order chi connectivity index (χ0) is 9.35. The molecule has 0 spiro atoms. The van der Waals surface area contributed by atoms with Gasteiger partial charge < -0.3 is 4.55 Å². The molecule has 0 N–H and O–H groups in total. The van der Waals surface area contributed by atoms with Crippen LogP contribution in [-0.4, -0.2) is 13.0 Å². The van der Waals surface area contributed by atoms with Gasteiger partial charge in [-0.15, -0.1) is 0 Å². The number of benzene rings is 1. The fraction of sp³-hybridized carbons (Fsp3) is 0. The van der Waals surface area contributed by atoms with E-state index in [9.17, 15) is 13.0 Å². The van der Waals surface area contributed by atoms with Crippen molar-refractivity contribution in [1.82, 2.24) is 0 Å². The van der Waals surface area contributed by atoms with Gasteiger partial charge in [0.25, 0.3) is 0 Å². The molecule has 0 amide bonds. The molecule has 66 valence electrons. The summed E-state index contributed by atoms with van der Waals surface area (Å²) in [4.78, 5) is -0.183. The summed E-state index contributed by atoms with van der Waals surface area (Å²) in [5, 5.41) is 0. The summed E-state index contributed by atoms with van der Waals surface area (Å²) in [5.74, 6) is 0. The number of hydrogen-bond acceptors (Lipinski definition) is 3. The van der Waals surface area contributed by atoms with Gasteiger partial charge in [0.15, 0.2) is 0 Å². The third-order valence-corrected chi connectivity index (χ3v) is 3.84. The van der Waals surface area contributed by atoms with E-state index < -0.39 is 10.1 Å². The van der Waals surface area contributed by atoms with Crippen LogP contribution in [0.2, 0.25) is 0 Å². The van der Waals surface area contributed by atoms with Gasteiger partial charge in [0.2, 0.25) is 0 Å². The fourth-order valence-electron chi connectivity index (χ4n) is 0.669. The average Bonchev–Trinajstić information content (AvgIpc) is 1.92. The lowest BCUT2D eigenvalue weighted by Gasteiger charge is -2.08. The summed E-state index contributed by atoms with van der Waals surface area (Å²) in [7, 11) is -4.34. The molecule has 0 unspecified atom stereocenters. The molecule has 0 heterocycles. The van der Waals surface area contributed by atoms with E-state index in [0.717, 1.165) is 0 Å². The van der Waals surface area contributed by atoms with Gasteiger partial charge in [0, 0.05) is 8.04 Å². The van der Waals surface area contributed by atoms with Crippen molar-refractivity contribution < 1.29 is 13.0 Å². The summed E-state index contributed by atoms with van der Waals surface area (Å²) >= 11 is 4.88. The van der Waals surface area contributed by atoms with Crippen molar-refractivity contribution in [3.8, 4) is 0 Å². The molecule has 0 aliphatic carbocycles. The van der Waals surface area contributed by atoms with Crippen molar-refractivity contribution in [2.24, 2.45) is 0 Å². The molecule has 3 nitrogen and oxygen atoms in total. The van der Waals surface area contributed by atoms with Gasteiger partial charge in [0.05, 0.1) is 4.90 Å². The highest BCUT2D eigenvalue weighted by Gasteiger charge is 2.06. The van der Waals surface area contributed by atoms with Crippen molar-refractivity contribution in [2.45, 2.75) is 4.90 Å². The number of rotatable bonds is 1. The lowest BCUT2D eigenvalue weighted by atomic mass is 10.4. The molecule has 0 fully saturated rings. The van der Waals surface area contributed by atoms with Crippen molar-refractivity contribution in [2.75, 3.05) is 0 Å². The fourth-order valence-corrected chi connectivity index (χ4v) is 2.90. The molecule has 0 aliphatic rings. The summed E-state index contributed by atoms with van der Waals surface area (Å²) < 4.78 is 32.9. The molecule has 0 saturated carbocycles. The normalized spacial score (nSPS) is 11.6. The second-order valence-electron chi connectivity index (χ2n) is 2.03. The Morgan fingerprint density at radius 2 is 2.00 bits per heavy atom. The Hall–Kier alpha value is 0.340. The van der Waals surface area contributed by atoms with Crippen LogP contribution in [0.5, 0.6) is 0 Å². The van der Waals surface area contributed by atoms with Gasteiger partial charge >= 0.3 is 0 Å². The highest BCUT2D eigenvalue weighted by atomic mass is 127. The quantitative estimate of drug-likeness (QED) is 0.567. The Morgan fingerprint density at radius 3 is 2.42 bits per heavy atom. The van der Waals surface area contributed by atoms with Gasteiger partial charge in [-0.1, -0.05) is 15.9 Å². The Kier molecular flexibility index (Phi) is 3.13. The summed E-state index contributed by atoms with van der Waals surface area (Å²) in [6, 6.07) is 4.54. The largest absolute Gasteiger partial charge is 0.744 e. The molecule has 1 rings (SSSR count). The number of hydrogen-bond donors (Lipinski definition) is 0. The zero-order valence-corrected chi connectivity index (χ0v) is 10.2. The zero-order valence-electron chi connectivity index (χ0n) is 5.62. The Balaban J connectivity index is 3.43. The minimum Gasteiger partial charge on any atom is -0.744 e. The van der Waals surface area contributed by atoms with Crippen LogP contribution in [0.1, 0.15) is 0 Å². The molecule has 1 aromatic rings. The molecule has 0 radical (unpaired) electrons. The van der Waals surface area contributed by atoms with Gasteiger partial charge in [-0.05, 0) is 40.8 Å². The average molecular weight is 362 g/mol. The van der Waals surface area contributed by atoms with Crippen molar-refractivity contribution >= 4 is 48.6 Å².